The van der Waals surface area contributed by atoms with Crippen LogP contribution >= 0.6 is 0 Å². The highest BCUT2D eigenvalue weighted by Crippen LogP contribution is 2.24. The first-order valence-electron chi connectivity index (χ1n) is 6.12. The first-order valence-corrected chi connectivity index (χ1v) is 6.12. The van der Waals surface area contributed by atoms with Gasteiger partial charge in [-0.1, -0.05) is 26.0 Å². The smallest absolute Gasteiger partial charge is 0.123 e. The fraction of sp³-hybridized carbons (Fsp3) is 0.571. The van der Waals surface area contributed by atoms with Crippen molar-refractivity contribution in [3.63, 3.8) is 0 Å². The molecular formula is C14H20FN. The number of hydrogen-bond donors (Lipinski definition) is 0. The molecule has 16 heavy (non-hydrogen) atoms. The van der Waals surface area contributed by atoms with E-state index in [2.05, 4.69) is 18.7 Å². The molecule has 0 radical (unpaired) electrons. The molecule has 1 atom stereocenters. The monoisotopic (exact) mass is 220 g/mol. The van der Waals surface area contributed by atoms with Gasteiger partial charge in [0.15, 0.2) is 0 Å². The highest BCUT2D eigenvalue weighted by Gasteiger charge is 2.24. The zero-order valence-electron chi connectivity index (χ0n) is 10.1. The number of benzene rings is 1. The zero-order valence-corrected chi connectivity index (χ0v) is 10.1. The average molecular weight is 220 g/mol. The van der Waals surface area contributed by atoms with Crippen molar-refractivity contribution in [2.45, 2.75) is 26.8 Å². The first kappa shape index (κ1) is 11.6. The number of hydrogen-bond acceptors (Lipinski definition) is 1. The summed E-state index contributed by atoms with van der Waals surface area (Å²) in [4.78, 5) is 2.43. The highest BCUT2D eigenvalue weighted by atomic mass is 18.2. The summed E-state index contributed by atoms with van der Waals surface area (Å²) in [5.74, 6) is 1.45. The van der Waals surface area contributed by atoms with Crippen molar-refractivity contribution in [2.24, 2.45) is 11.8 Å². The van der Waals surface area contributed by atoms with Gasteiger partial charge in [-0.3, -0.25) is 4.90 Å². The van der Waals surface area contributed by atoms with Crippen LogP contribution in [0.1, 0.15) is 25.8 Å². The van der Waals surface area contributed by atoms with Gasteiger partial charge in [0.2, 0.25) is 0 Å². The van der Waals surface area contributed by atoms with E-state index in [9.17, 15) is 4.39 Å². The van der Waals surface area contributed by atoms with Crippen LogP contribution < -0.4 is 0 Å². The third kappa shape index (κ3) is 2.82. The van der Waals surface area contributed by atoms with Gasteiger partial charge in [0.25, 0.3) is 0 Å². The fourth-order valence-electron chi connectivity index (χ4n) is 2.44. The summed E-state index contributed by atoms with van der Waals surface area (Å²) in [6.07, 6.45) is 1.28. The van der Waals surface area contributed by atoms with Gasteiger partial charge >= 0.3 is 0 Å². The minimum Gasteiger partial charge on any atom is -0.299 e. The normalized spacial score (nSPS) is 21.9. The second-order valence-electron chi connectivity index (χ2n) is 5.16. The van der Waals surface area contributed by atoms with Crippen LogP contribution in [0.3, 0.4) is 0 Å². The molecule has 0 aliphatic carbocycles. The fourth-order valence-corrected chi connectivity index (χ4v) is 2.44. The van der Waals surface area contributed by atoms with E-state index in [0.717, 1.165) is 37.0 Å². The van der Waals surface area contributed by atoms with Crippen molar-refractivity contribution in [2.75, 3.05) is 13.1 Å². The molecule has 0 spiro atoms. The maximum atomic E-state index is 13.0. The Hall–Kier alpha value is -0.890. The second-order valence-corrected chi connectivity index (χ2v) is 5.16. The lowest BCUT2D eigenvalue weighted by Crippen LogP contribution is -2.21. The molecule has 0 bridgehead atoms. The molecule has 88 valence electrons. The maximum absolute atomic E-state index is 13.0. The third-order valence-corrected chi connectivity index (χ3v) is 3.55. The molecule has 0 N–H and O–H groups in total. The predicted molar refractivity (Wildman–Crippen MR) is 64.6 cm³/mol. The van der Waals surface area contributed by atoms with E-state index >= 15 is 0 Å². The number of halogens is 1. The van der Waals surface area contributed by atoms with Gasteiger partial charge in [-0.15, -0.1) is 0 Å². The standard InChI is InChI=1S/C14H20FN/c1-11(2)13-6-7-16(10-13)9-12-4-3-5-14(15)8-12/h3-5,8,11,13H,6-7,9-10H2,1-2H3/i15-1. The van der Waals surface area contributed by atoms with Crippen LogP contribution in [0.2, 0.25) is 0 Å². The molecule has 1 fully saturated rings. The Morgan fingerprint density at radius 2 is 2.25 bits per heavy atom. The van der Waals surface area contributed by atoms with Crippen molar-refractivity contribution in [1.29, 1.82) is 0 Å². The summed E-state index contributed by atoms with van der Waals surface area (Å²) >= 11 is 0. The van der Waals surface area contributed by atoms with Crippen molar-refractivity contribution >= 4 is 0 Å². The molecule has 0 amide bonds. The van der Waals surface area contributed by atoms with Gasteiger partial charge in [-0.25, -0.2) is 4.39 Å². The van der Waals surface area contributed by atoms with E-state index < -0.39 is 0 Å². The minimum atomic E-state index is -0.128. The Labute approximate surface area is 97.3 Å². The van der Waals surface area contributed by atoms with E-state index in [1.54, 1.807) is 12.1 Å². The molecule has 1 aromatic rings. The van der Waals surface area contributed by atoms with Crippen LogP contribution in [0, 0.1) is 17.7 Å². The molecular weight excluding hydrogens is 200 g/mol. The molecule has 2 heteroatoms. The Bertz CT molecular complexity index is 348. The van der Waals surface area contributed by atoms with Gasteiger partial charge in [0.1, 0.15) is 5.82 Å². The van der Waals surface area contributed by atoms with E-state index in [1.807, 2.05) is 6.07 Å². The quantitative estimate of drug-likeness (QED) is 0.755. The van der Waals surface area contributed by atoms with Gasteiger partial charge in [0, 0.05) is 13.1 Å². The predicted octanol–water partition coefficient (Wildman–Crippen LogP) is 3.30. The highest BCUT2D eigenvalue weighted by molar-refractivity contribution is 5.16. The van der Waals surface area contributed by atoms with E-state index in [0.29, 0.717) is 0 Å². The Kier molecular flexibility index (Phi) is 3.59. The van der Waals surface area contributed by atoms with Crippen molar-refractivity contribution in [3.8, 4) is 0 Å². The lowest BCUT2D eigenvalue weighted by molar-refractivity contribution is 0.296. The Morgan fingerprint density at radius 3 is 2.88 bits per heavy atom. The molecule has 1 aliphatic rings. The maximum Gasteiger partial charge on any atom is 0.123 e. The molecule has 2 rings (SSSR count). The first-order chi connectivity index (χ1) is 7.65. The molecule has 1 aliphatic heterocycles. The third-order valence-electron chi connectivity index (χ3n) is 3.55. The van der Waals surface area contributed by atoms with E-state index in [4.69, 9.17) is 0 Å². The number of rotatable bonds is 3. The van der Waals surface area contributed by atoms with Crippen molar-refractivity contribution in [3.05, 3.63) is 35.6 Å². The molecule has 1 saturated heterocycles. The Morgan fingerprint density at radius 1 is 1.44 bits per heavy atom. The van der Waals surface area contributed by atoms with Crippen LogP contribution in [-0.2, 0) is 6.54 Å². The lowest BCUT2D eigenvalue weighted by Gasteiger charge is -2.17. The summed E-state index contributed by atoms with van der Waals surface area (Å²) in [6.45, 7) is 7.78. The van der Waals surface area contributed by atoms with Crippen molar-refractivity contribution < 1.29 is 4.39 Å². The molecule has 1 aromatic carbocycles. The van der Waals surface area contributed by atoms with Crippen LogP contribution in [0.4, 0.5) is 4.39 Å². The van der Waals surface area contributed by atoms with E-state index in [-0.39, 0.29) is 5.82 Å². The summed E-state index contributed by atoms with van der Waals surface area (Å²) in [6, 6.07) is 6.94. The summed E-state index contributed by atoms with van der Waals surface area (Å²) < 4.78 is 13.0. The van der Waals surface area contributed by atoms with Crippen molar-refractivity contribution in [1.82, 2.24) is 4.90 Å². The minimum absolute atomic E-state index is 0.128. The summed E-state index contributed by atoms with van der Waals surface area (Å²) in [5, 5.41) is 0. The molecule has 1 unspecified atom stereocenters. The second kappa shape index (κ2) is 4.96. The Balaban J connectivity index is 1.92. The number of nitrogens with zero attached hydrogens (tertiary/aromatic N) is 1. The van der Waals surface area contributed by atoms with Gasteiger partial charge in [-0.2, -0.15) is 0 Å². The number of likely N-dealkylation sites (tertiary alicyclic amines) is 1. The van der Waals surface area contributed by atoms with E-state index in [1.165, 1.54) is 12.5 Å². The zero-order chi connectivity index (χ0) is 11.5. The van der Waals surface area contributed by atoms with Gasteiger partial charge < -0.3 is 0 Å². The molecule has 0 saturated carbocycles. The largest absolute Gasteiger partial charge is 0.299 e. The summed E-state index contributed by atoms with van der Waals surface area (Å²) in [7, 11) is 0. The molecule has 1 heterocycles. The topological polar surface area (TPSA) is 3.24 Å². The molecule has 1 nitrogen and oxygen atoms in total. The van der Waals surface area contributed by atoms with Crippen LogP contribution in [-0.4, -0.2) is 18.0 Å². The molecule has 0 aromatic heterocycles. The van der Waals surface area contributed by atoms with Crippen LogP contribution in [0.15, 0.2) is 24.3 Å². The van der Waals surface area contributed by atoms with Gasteiger partial charge in [0.05, 0.1) is 0 Å². The average Bonchev–Trinajstić information content (AvgIpc) is 2.66. The van der Waals surface area contributed by atoms with Gasteiger partial charge in [-0.05, 0) is 42.5 Å². The van der Waals surface area contributed by atoms with Crippen LogP contribution in [0.25, 0.3) is 0 Å². The van der Waals surface area contributed by atoms with Crippen LogP contribution in [0.5, 0.6) is 0 Å². The summed E-state index contributed by atoms with van der Waals surface area (Å²) in [5.41, 5.74) is 1.09. The SMILES string of the molecule is CC(C)C1CCN(Cc2cccc([18F])c2)C1. The lowest BCUT2D eigenvalue weighted by atomic mass is 9.95.